The Morgan fingerprint density at radius 3 is 2.00 bits per heavy atom. The molecule has 0 heterocycles. The lowest BCUT2D eigenvalue weighted by atomic mass is 9.32. The first kappa shape index (κ1) is 26.8. The first-order chi connectivity index (χ1) is 15.6. The third-order valence-electron chi connectivity index (χ3n) is 14.6. The van der Waals surface area contributed by atoms with E-state index in [1.807, 2.05) is 19.4 Å². The molecule has 0 nitrogen and oxygen atoms in total. The summed E-state index contributed by atoms with van der Waals surface area (Å²) < 4.78 is 0. The fraction of sp³-hybridized carbons (Fsp3) is 0.941. The molecule has 0 aromatic heterocycles. The van der Waals surface area contributed by atoms with Gasteiger partial charge in [0.25, 0.3) is 0 Å². The van der Waals surface area contributed by atoms with E-state index in [1.165, 1.54) is 57.8 Å². The third-order valence-corrected chi connectivity index (χ3v) is 14.6. The van der Waals surface area contributed by atoms with E-state index in [-0.39, 0.29) is 0 Å². The average Bonchev–Trinajstić information content (AvgIpc) is 2.77. The fourth-order valence-corrected chi connectivity index (χ4v) is 11.1. The van der Waals surface area contributed by atoms with E-state index in [9.17, 15) is 0 Å². The smallest absolute Gasteiger partial charge is 0.00564 e. The summed E-state index contributed by atoms with van der Waals surface area (Å²) in [4.78, 5) is 0. The van der Waals surface area contributed by atoms with Crippen molar-refractivity contribution >= 4 is 0 Å². The Bertz CT molecular complexity index is 814. The van der Waals surface area contributed by atoms with Gasteiger partial charge in [0, 0.05) is 0 Å². The van der Waals surface area contributed by atoms with Gasteiger partial charge in [0.2, 0.25) is 0 Å². The predicted octanol–water partition coefficient (Wildman–Crippen LogP) is 10.7. The molecular weight excluding hydrogens is 408 g/mol. The lowest BCUT2D eigenvalue weighted by Gasteiger charge is -2.72. The number of allylic oxidation sites excluding steroid dienone is 2. The number of rotatable bonds is 0. The summed E-state index contributed by atoms with van der Waals surface area (Å²) in [5.74, 6) is 4.30. The van der Waals surface area contributed by atoms with E-state index in [2.05, 4.69) is 75.3 Å². The standard InChI is InChI=1S/C32H54.C2H6/c1-21-13-15-29(7)18-20-31(9)23(26(29)22(21)2)11-12-25-30(8)19-17-27(3,4)28(5,6)24(30)14-16-32(25,31)10;1-2/h11,21-22,24-26H,12-20H2,1-10H3;1-2H3. The van der Waals surface area contributed by atoms with Crippen LogP contribution >= 0.6 is 0 Å². The van der Waals surface area contributed by atoms with Gasteiger partial charge in [0.05, 0.1) is 0 Å². The summed E-state index contributed by atoms with van der Waals surface area (Å²) >= 11 is 0. The monoisotopic (exact) mass is 468 g/mol. The van der Waals surface area contributed by atoms with Crippen LogP contribution in [0.15, 0.2) is 11.6 Å². The van der Waals surface area contributed by atoms with E-state index in [0.29, 0.717) is 32.5 Å². The van der Waals surface area contributed by atoms with Crippen molar-refractivity contribution < 1.29 is 0 Å². The summed E-state index contributed by atoms with van der Waals surface area (Å²) in [6.45, 7) is 30.5. The average molecular weight is 469 g/mol. The van der Waals surface area contributed by atoms with Gasteiger partial charge in [-0.05, 0) is 120 Å². The van der Waals surface area contributed by atoms with Gasteiger partial charge in [-0.3, -0.25) is 0 Å². The largest absolute Gasteiger partial charge is 0.0841 e. The second-order valence-electron chi connectivity index (χ2n) is 15.9. The fourth-order valence-electron chi connectivity index (χ4n) is 11.1. The van der Waals surface area contributed by atoms with Gasteiger partial charge in [0.1, 0.15) is 0 Å². The second-order valence-corrected chi connectivity index (χ2v) is 15.9. The molecule has 0 spiro atoms. The van der Waals surface area contributed by atoms with Gasteiger partial charge >= 0.3 is 0 Å². The van der Waals surface area contributed by atoms with Crippen LogP contribution in [0.4, 0.5) is 0 Å². The Kier molecular flexibility index (Phi) is 6.40. The topological polar surface area (TPSA) is 0 Å². The highest BCUT2D eigenvalue weighted by molar-refractivity contribution is 5.33. The van der Waals surface area contributed by atoms with Crippen LogP contribution in [0.2, 0.25) is 0 Å². The van der Waals surface area contributed by atoms with Crippen LogP contribution in [-0.2, 0) is 0 Å². The zero-order valence-corrected chi connectivity index (χ0v) is 25.3. The first-order valence-corrected chi connectivity index (χ1v) is 15.3. The van der Waals surface area contributed by atoms with Crippen LogP contribution in [0.3, 0.4) is 0 Å². The zero-order valence-electron chi connectivity index (χ0n) is 25.3. The maximum absolute atomic E-state index is 2.86. The predicted molar refractivity (Wildman–Crippen MR) is 150 cm³/mol. The quantitative estimate of drug-likeness (QED) is 0.310. The van der Waals surface area contributed by atoms with Crippen molar-refractivity contribution in [1.82, 2.24) is 0 Å². The number of hydrogen-bond donors (Lipinski definition) is 0. The SMILES string of the molecule is CC.CC1CCC2(C)CCC3(C)C(=CCC4C5(C)CCC(C)(C)C(C)(C)C5CCC43C)C2C1C. The van der Waals surface area contributed by atoms with Gasteiger partial charge in [-0.25, -0.2) is 0 Å². The van der Waals surface area contributed by atoms with Gasteiger partial charge in [0.15, 0.2) is 0 Å². The molecule has 5 aliphatic rings. The van der Waals surface area contributed by atoms with Crippen molar-refractivity contribution in [3.63, 3.8) is 0 Å². The molecule has 196 valence electrons. The van der Waals surface area contributed by atoms with Crippen LogP contribution in [0, 0.1) is 62.1 Å². The number of fused-ring (bicyclic) bond motifs is 7. The van der Waals surface area contributed by atoms with E-state index >= 15 is 0 Å². The molecule has 0 radical (unpaired) electrons. The molecule has 0 bridgehead atoms. The normalized spacial score (nSPS) is 53.1. The van der Waals surface area contributed by atoms with Crippen LogP contribution < -0.4 is 0 Å². The molecule has 9 atom stereocenters. The van der Waals surface area contributed by atoms with Gasteiger partial charge in [-0.2, -0.15) is 0 Å². The van der Waals surface area contributed by atoms with E-state index in [0.717, 1.165) is 29.6 Å². The Balaban J connectivity index is 0.00000133. The van der Waals surface area contributed by atoms with E-state index in [4.69, 9.17) is 0 Å². The van der Waals surface area contributed by atoms with Crippen molar-refractivity contribution in [3.8, 4) is 0 Å². The highest BCUT2D eigenvalue weighted by Gasteiger charge is 2.68. The van der Waals surface area contributed by atoms with E-state index in [1.54, 1.807) is 0 Å². The Morgan fingerprint density at radius 1 is 0.706 bits per heavy atom. The van der Waals surface area contributed by atoms with Gasteiger partial charge in [-0.15, -0.1) is 0 Å². The minimum Gasteiger partial charge on any atom is -0.0841 e. The van der Waals surface area contributed by atoms with Gasteiger partial charge < -0.3 is 0 Å². The molecule has 5 aliphatic carbocycles. The molecule has 4 saturated carbocycles. The molecule has 0 amide bonds. The van der Waals surface area contributed by atoms with Crippen molar-refractivity contribution in [1.29, 1.82) is 0 Å². The lowest BCUT2D eigenvalue weighted by molar-refractivity contribution is -0.207. The Morgan fingerprint density at radius 2 is 1.35 bits per heavy atom. The van der Waals surface area contributed by atoms with E-state index < -0.39 is 0 Å². The minimum absolute atomic E-state index is 0.413. The maximum atomic E-state index is 2.86. The molecular formula is C34H60. The molecule has 0 saturated heterocycles. The van der Waals surface area contributed by atoms with Crippen LogP contribution in [0.5, 0.6) is 0 Å². The summed E-state index contributed by atoms with van der Waals surface area (Å²) in [5, 5.41) is 0. The molecule has 0 aromatic rings. The molecule has 9 unspecified atom stereocenters. The molecule has 0 aromatic carbocycles. The summed E-state index contributed by atoms with van der Waals surface area (Å²) in [6.07, 6.45) is 15.8. The molecule has 0 aliphatic heterocycles. The lowest BCUT2D eigenvalue weighted by Crippen LogP contribution is -2.65. The van der Waals surface area contributed by atoms with Gasteiger partial charge in [-0.1, -0.05) is 94.7 Å². The molecule has 0 N–H and O–H groups in total. The zero-order chi connectivity index (χ0) is 25.5. The van der Waals surface area contributed by atoms with Crippen molar-refractivity contribution in [2.24, 2.45) is 62.1 Å². The highest BCUT2D eigenvalue weighted by atomic mass is 14.7. The third kappa shape index (κ3) is 3.20. The molecule has 34 heavy (non-hydrogen) atoms. The Hall–Kier alpha value is -0.260. The molecule has 4 fully saturated rings. The first-order valence-electron chi connectivity index (χ1n) is 15.3. The van der Waals surface area contributed by atoms with Crippen molar-refractivity contribution in [2.75, 3.05) is 0 Å². The molecule has 0 heteroatoms. The van der Waals surface area contributed by atoms with Crippen LogP contribution in [-0.4, -0.2) is 0 Å². The van der Waals surface area contributed by atoms with Crippen LogP contribution in [0.25, 0.3) is 0 Å². The molecule has 5 rings (SSSR count). The van der Waals surface area contributed by atoms with Crippen molar-refractivity contribution in [2.45, 2.75) is 141 Å². The second kappa shape index (κ2) is 8.12. The number of hydrogen-bond acceptors (Lipinski definition) is 0. The highest BCUT2D eigenvalue weighted by Crippen LogP contribution is 2.77. The Labute approximate surface area is 214 Å². The van der Waals surface area contributed by atoms with Crippen molar-refractivity contribution in [3.05, 3.63) is 11.6 Å². The maximum Gasteiger partial charge on any atom is -0.00564 e. The summed E-state index contributed by atoms with van der Waals surface area (Å²) in [6, 6.07) is 0. The summed E-state index contributed by atoms with van der Waals surface area (Å²) in [5.41, 5.74) is 4.77. The summed E-state index contributed by atoms with van der Waals surface area (Å²) in [7, 11) is 0. The van der Waals surface area contributed by atoms with Crippen LogP contribution in [0.1, 0.15) is 141 Å². The minimum atomic E-state index is 0.413.